The molecule has 5 heterocycles. The Morgan fingerprint density at radius 3 is 2.11 bits per heavy atom. The summed E-state index contributed by atoms with van der Waals surface area (Å²) in [6.07, 6.45) is 0. The molecular formula is C30H14BNO2S. The number of aromatic nitrogens is 1. The zero-order valence-electron chi connectivity index (χ0n) is 18.3. The van der Waals surface area contributed by atoms with E-state index in [0.29, 0.717) is 0 Å². The van der Waals surface area contributed by atoms with Crippen LogP contribution in [0, 0.1) is 0 Å². The first-order valence-electron chi connectivity index (χ1n) is 11.9. The molecule has 0 aliphatic carbocycles. The fraction of sp³-hybridized carbons (Fsp3) is 0. The molecule has 0 N–H and O–H groups in total. The van der Waals surface area contributed by atoms with Crippen LogP contribution >= 0.6 is 11.3 Å². The van der Waals surface area contributed by atoms with Crippen LogP contribution in [0.4, 0.5) is 0 Å². The average molecular weight is 463 g/mol. The average Bonchev–Trinajstić information content (AvgIpc) is 3.44. The molecule has 0 bridgehead atoms. The summed E-state index contributed by atoms with van der Waals surface area (Å²) >= 11 is 1.89. The number of rotatable bonds is 0. The van der Waals surface area contributed by atoms with E-state index in [4.69, 9.17) is 9.47 Å². The lowest BCUT2D eigenvalue weighted by Crippen LogP contribution is -2.60. The topological polar surface area (TPSA) is 23.4 Å². The third-order valence-corrected chi connectivity index (χ3v) is 9.24. The summed E-state index contributed by atoms with van der Waals surface area (Å²) < 4.78 is 18.1. The van der Waals surface area contributed by atoms with E-state index in [2.05, 4.69) is 83.4 Å². The van der Waals surface area contributed by atoms with Crippen molar-refractivity contribution in [2.24, 2.45) is 0 Å². The molecule has 0 saturated heterocycles. The second kappa shape index (κ2) is 5.53. The van der Waals surface area contributed by atoms with Gasteiger partial charge >= 0.3 is 0 Å². The smallest absolute Gasteiger partial charge is 0.266 e. The van der Waals surface area contributed by atoms with E-state index in [9.17, 15) is 0 Å². The first-order chi connectivity index (χ1) is 17.4. The molecule has 10 rings (SSSR count). The van der Waals surface area contributed by atoms with Crippen LogP contribution in [-0.4, -0.2) is 11.3 Å². The van der Waals surface area contributed by atoms with E-state index >= 15 is 0 Å². The van der Waals surface area contributed by atoms with Gasteiger partial charge in [-0.15, -0.1) is 11.3 Å². The molecule has 5 heteroatoms. The molecule has 0 spiro atoms. The number of hydrogen-bond acceptors (Lipinski definition) is 3. The van der Waals surface area contributed by atoms with Gasteiger partial charge in [-0.05, 0) is 53.4 Å². The van der Waals surface area contributed by atoms with Gasteiger partial charge in [0.2, 0.25) is 0 Å². The Morgan fingerprint density at radius 1 is 0.543 bits per heavy atom. The Bertz CT molecular complexity index is 2120. The fourth-order valence-electron chi connectivity index (χ4n) is 6.75. The van der Waals surface area contributed by atoms with Gasteiger partial charge in [0.05, 0.1) is 15.7 Å². The molecule has 3 aliphatic heterocycles. The zero-order valence-corrected chi connectivity index (χ0v) is 19.1. The standard InChI is InChI=1S/C30H14BNO2S/c1-2-10-24-15(5-1)18-12-11-17-16-13-14-23-27-28(16)32(29(17)30(18)35-24)19-6-3-7-20-25(19)31(27)26-21(33-20)8-4-9-22(26)34-23/h1-14H. The molecule has 0 atom stereocenters. The Morgan fingerprint density at radius 2 is 1.23 bits per heavy atom. The highest BCUT2D eigenvalue weighted by Crippen LogP contribution is 2.46. The van der Waals surface area contributed by atoms with Crippen LogP contribution in [0.3, 0.4) is 0 Å². The molecule has 0 unspecified atom stereocenters. The molecule has 2 aromatic heterocycles. The van der Waals surface area contributed by atoms with E-state index in [1.807, 2.05) is 17.4 Å². The minimum atomic E-state index is 0.114. The summed E-state index contributed by atoms with van der Waals surface area (Å²) in [5.74, 6) is 3.69. The predicted molar refractivity (Wildman–Crippen MR) is 145 cm³/mol. The maximum absolute atomic E-state index is 6.51. The van der Waals surface area contributed by atoms with Gasteiger partial charge in [-0.1, -0.05) is 42.5 Å². The summed E-state index contributed by atoms with van der Waals surface area (Å²) in [6, 6.07) is 30.4. The first-order valence-corrected chi connectivity index (χ1v) is 12.7. The van der Waals surface area contributed by atoms with Crippen molar-refractivity contribution in [1.82, 2.24) is 4.57 Å². The fourth-order valence-corrected chi connectivity index (χ4v) is 7.99. The van der Waals surface area contributed by atoms with Crippen LogP contribution in [0.2, 0.25) is 0 Å². The van der Waals surface area contributed by atoms with Gasteiger partial charge in [-0.3, -0.25) is 0 Å². The normalized spacial score (nSPS) is 14.1. The van der Waals surface area contributed by atoms with Crippen molar-refractivity contribution < 1.29 is 9.47 Å². The Hall–Kier alpha value is -4.22. The minimum Gasteiger partial charge on any atom is -0.458 e. The molecule has 160 valence electrons. The number of ether oxygens (including phenoxy) is 2. The molecule has 0 saturated carbocycles. The molecule has 0 amide bonds. The van der Waals surface area contributed by atoms with Gasteiger partial charge in [-0.2, -0.15) is 0 Å². The van der Waals surface area contributed by atoms with Crippen LogP contribution in [0.5, 0.6) is 23.0 Å². The summed E-state index contributed by atoms with van der Waals surface area (Å²) in [4.78, 5) is 0. The van der Waals surface area contributed by atoms with E-state index < -0.39 is 0 Å². The van der Waals surface area contributed by atoms with Crippen LogP contribution < -0.4 is 25.9 Å². The van der Waals surface area contributed by atoms with Crippen molar-refractivity contribution in [3.05, 3.63) is 84.9 Å². The maximum Gasteiger partial charge on any atom is 0.266 e. The van der Waals surface area contributed by atoms with Crippen LogP contribution in [0.15, 0.2) is 84.9 Å². The molecule has 35 heavy (non-hydrogen) atoms. The molecule has 0 fully saturated rings. The van der Waals surface area contributed by atoms with Gasteiger partial charge in [-0.25, -0.2) is 0 Å². The van der Waals surface area contributed by atoms with Crippen molar-refractivity contribution >= 4 is 76.4 Å². The van der Waals surface area contributed by atoms with E-state index in [0.717, 1.165) is 28.5 Å². The highest BCUT2D eigenvalue weighted by atomic mass is 32.1. The lowest BCUT2D eigenvalue weighted by atomic mass is 9.33. The van der Waals surface area contributed by atoms with Gasteiger partial charge < -0.3 is 14.0 Å². The molecular weight excluding hydrogens is 449 g/mol. The number of benzene rings is 5. The monoisotopic (exact) mass is 463 g/mol. The highest BCUT2D eigenvalue weighted by molar-refractivity contribution is 7.26. The molecule has 7 aromatic rings. The summed E-state index contributed by atoms with van der Waals surface area (Å²) in [5, 5.41) is 5.21. The van der Waals surface area contributed by atoms with Crippen LogP contribution in [0.1, 0.15) is 0 Å². The number of hydrogen-bond donors (Lipinski definition) is 0. The van der Waals surface area contributed by atoms with Crippen molar-refractivity contribution in [2.45, 2.75) is 0 Å². The number of fused-ring (bicyclic) bond motifs is 8. The third-order valence-electron chi connectivity index (χ3n) is 8.05. The van der Waals surface area contributed by atoms with E-state index in [1.165, 1.54) is 58.6 Å². The minimum absolute atomic E-state index is 0.114. The molecule has 3 nitrogen and oxygen atoms in total. The summed E-state index contributed by atoms with van der Waals surface area (Å²) in [6.45, 7) is 0.114. The van der Waals surface area contributed by atoms with Crippen LogP contribution in [0.25, 0.3) is 47.7 Å². The van der Waals surface area contributed by atoms with Gasteiger partial charge in [0.1, 0.15) is 23.0 Å². The maximum atomic E-state index is 6.51. The predicted octanol–water partition coefficient (Wildman–Crippen LogP) is 6.19. The molecule has 3 aliphatic rings. The largest absolute Gasteiger partial charge is 0.458 e. The number of nitrogens with zero attached hydrogens (tertiary/aromatic N) is 1. The second-order valence-electron chi connectivity index (χ2n) is 9.64. The number of thiophene rings is 1. The Kier molecular flexibility index (Phi) is 2.73. The van der Waals surface area contributed by atoms with E-state index in [-0.39, 0.29) is 6.71 Å². The van der Waals surface area contributed by atoms with Crippen molar-refractivity contribution in [2.75, 3.05) is 0 Å². The van der Waals surface area contributed by atoms with Crippen molar-refractivity contribution in [3.8, 4) is 28.7 Å². The zero-order chi connectivity index (χ0) is 22.4. The Balaban J connectivity index is 1.50. The lowest BCUT2D eigenvalue weighted by Gasteiger charge is -2.37. The SMILES string of the molecule is c1cc2c3c(c1)Oc1ccc4c5ccc6c7ccccc7sc6c5n5c4c1B3c1c(cccc1-5)O2. The summed E-state index contributed by atoms with van der Waals surface area (Å²) in [5.41, 5.74) is 7.41. The van der Waals surface area contributed by atoms with E-state index in [1.54, 1.807) is 0 Å². The lowest BCUT2D eigenvalue weighted by molar-refractivity contribution is 0.464. The molecule has 5 aromatic carbocycles. The van der Waals surface area contributed by atoms with Crippen LogP contribution in [-0.2, 0) is 0 Å². The van der Waals surface area contributed by atoms with Crippen molar-refractivity contribution in [1.29, 1.82) is 0 Å². The van der Waals surface area contributed by atoms with Gasteiger partial charge in [0.25, 0.3) is 6.71 Å². The second-order valence-corrected chi connectivity index (χ2v) is 10.7. The van der Waals surface area contributed by atoms with Crippen molar-refractivity contribution in [3.63, 3.8) is 0 Å². The Labute approximate surface area is 203 Å². The van der Waals surface area contributed by atoms with Gasteiger partial charge in [0, 0.05) is 37.4 Å². The quantitative estimate of drug-likeness (QED) is 0.250. The first kappa shape index (κ1) is 17.3. The van der Waals surface area contributed by atoms with Gasteiger partial charge in [0.15, 0.2) is 0 Å². The molecule has 0 radical (unpaired) electrons. The third kappa shape index (κ3) is 1.81. The summed E-state index contributed by atoms with van der Waals surface area (Å²) in [7, 11) is 0. The highest BCUT2D eigenvalue weighted by Gasteiger charge is 2.46.